The van der Waals surface area contributed by atoms with Gasteiger partial charge in [-0.3, -0.25) is 4.79 Å². The molecule has 0 amide bonds. The standard InChI is InChI=1S/C20H23NOS/c1-11-7-5-6-8-15(11)21-10-16(22)19-13-9-14-18(20(14,3)4)17(13)12(2)23-19/h5-8,14,18,21H,9-10H2,1-4H3/t14-,18-/m1/s1. The molecule has 0 saturated heterocycles. The lowest BCUT2D eigenvalue weighted by Crippen LogP contribution is -2.15. The number of thiophene rings is 1. The molecule has 2 aromatic rings. The molecular weight excluding hydrogens is 302 g/mol. The average molecular weight is 325 g/mol. The van der Waals surface area contributed by atoms with Crippen molar-refractivity contribution in [3.05, 3.63) is 50.7 Å². The Balaban J connectivity index is 1.54. The van der Waals surface area contributed by atoms with Crippen LogP contribution in [0.3, 0.4) is 0 Å². The predicted molar refractivity (Wildman–Crippen MR) is 96.8 cm³/mol. The van der Waals surface area contributed by atoms with E-state index in [-0.39, 0.29) is 5.78 Å². The molecule has 0 radical (unpaired) electrons. The van der Waals surface area contributed by atoms with Crippen molar-refractivity contribution in [3.8, 4) is 0 Å². The van der Waals surface area contributed by atoms with Gasteiger partial charge in [-0.15, -0.1) is 11.3 Å². The third-order valence-corrected chi connectivity index (χ3v) is 7.06. The van der Waals surface area contributed by atoms with Gasteiger partial charge in [0.05, 0.1) is 11.4 Å². The highest BCUT2D eigenvalue weighted by atomic mass is 32.1. The second-order valence-electron chi connectivity index (χ2n) is 7.58. The maximum Gasteiger partial charge on any atom is 0.192 e. The molecule has 0 spiro atoms. The number of aryl methyl sites for hydroxylation is 2. The number of ketones is 1. The summed E-state index contributed by atoms with van der Waals surface area (Å²) in [6.07, 6.45) is 1.10. The first-order valence-electron chi connectivity index (χ1n) is 8.36. The molecule has 2 atom stereocenters. The minimum absolute atomic E-state index is 0.238. The van der Waals surface area contributed by atoms with Gasteiger partial charge in [-0.2, -0.15) is 0 Å². The van der Waals surface area contributed by atoms with Crippen LogP contribution in [0.2, 0.25) is 0 Å². The number of hydrogen-bond donors (Lipinski definition) is 1. The first-order valence-corrected chi connectivity index (χ1v) is 9.17. The Morgan fingerprint density at radius 1 is 1.30 bits per heavy atom. The predicted octanol–water partition coefficient (Wildman–Crippen LogP) is 4.96. The lowest BCUT2D eigenvalue weighted by molar-refractivity contribution is 0.101. The molecule has 2 aliphatic carbocycles. The molecule has 1 saturated carbocycles. The van der Waals surface area contributed by atoms with Gasteiger partial charge in [-0.25, -0.2) is 0 Å². The van der Waals surface area contributed by atoms with E-state index in [9.17, 15) is 4.79 Å². The molecule has 2 nitrogen and oxygen atoms in total. The van der Waals surface area contributed by atoms with Gasteiger partial charge >= 0.3 is 0 Å². The van der Waals surface area contributed by atoms with Crippen LogP contribution in [0.1, 0.15) is 51.0 Å². The van der Waals surface area contributed by atoms with Gasteiger partial charge in [0.1, 0.15) is 0 Å². The molecule has 120 valence electrons. The second kappa shape index (κ2) is 4.94. The van der Waals surface area contributed by atoms with Crippen LogP contribution < -0.4 is 5.32 Å². The van der Waals surface area contributed by atoms with Crippen LogP contribution in [0.4, 0.5) is 5.69 Å². The van der Waals surface area contributed by atoms with Crippen molar-refractivity contribution in [1.82, 2.24) is 0 Å². The molecule has 0 aliphatic heterocycles. The Morgan fingerprint density at radius 3 is 2.78 bits per heavy atom. The number of fused-ring (bicyclic) bond motifs is 3. The molecule has 4 rings (SSSR count). The Bertz CT molecular complexity index is 802. The summed E-state index contributed by atoms with van der Waals surface area (Å²) < 4.78 is 0. The smallest absolute Gasteiger partial charge is 0.192 e. The van der Waals surface area contributed by atoms with E-state index in [0.717, 1.165) is 22.9 Å². The summed E-state index contributed by atoms with van der Waals surface area (Å²) in [5.74, 6) is 1.69. The summed E-state index contributed by atoms with van der Waals surface area (Å²) in [5.41, 5.74) is 5.53. The van der Waals surface area contributed by atoms with Gasteiger partial charge in [0.15, 0.2) is 5.78 Å². The summed E-state index contributed by atoms with van der Waals surface area (Å²) in [6, 6.07) is 8.12. The first kappa shape index (κ1) is 14.9. The summed E-state index contributed by atoms with van der Waals surface area (Å²) in [5, 5.41) is 3.31. The maximum absolute atomic E-state index is 12.7. The van der Waals surface area contributed by atoms with Crippen molar-refractivity contribution in [3.63, 3.8) is 0 Å². The number of para-hydroxylation sites is 1. The van der Waals surface area contributed by atoms with E-state index in [4.69, 9.17) is 0 Å². The van der Waals surface area contributed by atoms with Crippen LogP contribution in [0, 0.1) is 25.2 Å². The van der Waals surface area contributed by atoms with Crippen molar-refractivity contribution < 1.29 is 4.79 Å². The number of rotatable bonds is 4. The van der Waals surface area contributed by atoms with E-state index >= 15 is 0 Å². The molecule has 23 heavy (non-hydrogen) atoms. The van der Waals surface area contributed by atoms with Crippen LogP contribution in [0.25, 0.3) is 0 Å². The number of carbonyl (C=O) groups excluding carboxylic acids is 1. The lowest BCUT2D eigenvalue weighted by Gasteiger charge is -2.11. The van der Waals surface area contributed by atoms with Gasteiger partial charge < -0.3 is 5.32 Å². The Hall–Kier alpha value is -1.61. The van der Waals surface area contributed by atoms with Crippen molar-refractivity contribution in [1.29, 1.82) is 0 Å². The van der Waals surface area contributed by atoms with E-state index < -0.39 is 0 Å². The molecule has 1 aromatic heterocycles. The Kier molecular flexibility index (Phi) is 3.21. The van der Waals surface area contributed by atoms with Gasteiger partial charge in [0, 0.05) is 10.6 Å². The molecule has 1 N–H and O–H groups in total. The SMILES string of the molecule is Cc1ccccc1NCC(=O)c1sc(C)c2c1C[C@@H]1[C@H]2C1(C)C. The minimum atomic E-state index is 0.238. The van der Waals surface area contributed by atoms with E-state index in [0.29, 0.717) is 17.9 Å². The molecule has 0 unspecified atom stereocenters. The fourth-order valence-corrected chi connectivity index (χ4v) is 5.55. The number of Topliss-reactive ketones (excluding diaryl/α,β-unsaturated/α-hetero) is 1. The van der Waals surface area contributed by atoms with E-state index in [1.807, 2.05) is 18.2 Å². The summed E-state index contributed by atoms with van der Waals surface area (Å²) in [6.45, 7) is 9.37. The number of anilines is 1. The zero-order valence-corrected chi connectivity index (χ0v) is 15.0. The molecule has 1 heterocycles. The van der Waals surface area contributed by atoms with Crippen LogP contribution in [-0.4, -0.2) is 12.3 Å². The number of carbonyl (C=O) groups is 1. The first-order chi connectivity index (χ1) is 10.9. The number of nitrogens with one attached hydrogen (secondary N) is 1. The molecule has 0 bridgehead atoms. The monoisotopic (exact) mass is 325 g/mol. The highest BCUT2D eigenvalue weighted by molar-refractivity contribution is 7.14. The Morgan fingerprint density at radius 2 is 2.04 bits per heavy atom. The zero-order chi connectivity index (χ0) is 16.4. The minimum Gasteiger partial charge on any atom is -0.377 e. The van der Waals surface area contributed by atoms with Crippen LogP contribution in [0.15, 0.2) is 24.3 Å². The van der Waals surface area contributed by atoms with Gasteiger partial charge in [-0.1, -0.05) is 32.0 Å². The summed E-state index contributed by atoms with van der Waals surface area (Å²) in [7, 11) is 0. The Labute approximate surface area is 141 Å². The van der Waals surface area contributed by atoms with Crippen molar-refractivity contribution >= 4 is 22.8 Å². The molecule has 1 fully saturated rings. The molecule has 3 heteroatoms. The molecule has 1 aromatic carbocycles. The van der Waals surface area contributed by atoms with Crippen LogP contribution >= 0.6 is 11.3 Å². The average Bonchev–Trinajstić information content (AvgIpc) is 2.85. The molecular formula is C20H23NOS. The lowest BCUT2D eigenvalue weighted by atomic mass is 9.94. The van der Waals surface area contributed by atoms with E-state index in [1.165, 1.54) is 21.6 Å². The van der Waals surface area contributed by atoms with Crippen molar-refractivity contribution in [2.45, 2.75) is 40.0 Å². The largest absolute Gasteiger partial charge is 0.377 e. The van der Waals surface area contributed by atoms with Crippen molar-refractivity contribution in [2.24, 2.45) is 11.3 Å². The topological polar surface area (TPSA) is 29.1 Å². The number of benzene rings is 1. The van der Waals surface area contributed by atoms with Gasteiger partial charge in [0.2, 0.25) is 0 Å². The number of hydrogen-bond acceptors (Lipinski definition) is 3. The normalized spacial score (nSPS) is 23.3. The summed E-state index contributed by atoms with van der Waals surface area (Å²) in [4.78, 5) is 15.1. The van der Waals surface area contributed by atoms with Gasteiger partial charge in [0.25, 0.3) is 0 Å². The second-order valence-corrected chi connectivity index (χ2v) is 8.81. The van der Waals surface area contributed by atoms with E-state index in [1.54, 1.807) is 11.3 Å². The molecule has 2 aliphatic rings. The fraction of sp³-hybridized carbons (Fsp3) is 0.450. The third kappa shape index (κ3) is 2.17. The fourth-order valence-electron chi connectivity index (χ4n) is 4.38. The third-order valence-electron chi connectivity index (χ3n) is 5.86. The van der Waals surface area contributed by atoms with Crippen LogP contribution in [-0.2, 0) is 6.42 Å². The van der Waals surface area contributed by atoms with E-state index in [2.05, 4.69) is 39.1 Å². The maximum atomic E-state index is 12.7. The van der Waals surface area contributed by atoms with Crippen molar-refractivity contribution in [2.75, 3.05) is 11.9 Å². The van der Waals surface area contributed by atoms with Crippen LogP contribution in [0.5, 0.6) is 0 Å². The highest BCUT2D eigenvalue weighted by Gasteiger charge is 2.63. The highest BCUT2D eigenvalue weighted by Crippen LogP contribution is 2.71. The summed E-state index contributed by atoms with van der Waals surface area (Å²) >= 11 is 1.71. The quantitative estimate of drug-likeness (QED) is 0.805. The zero-order valence-electron chi connectivity index (χ0n) is 14.2. The van der Waals surface area contributed by atoms with Gasteiger partial charge in [-0.05, 0) is 60.3 Å².